The molecule has 1 unspecified atom stereocenters. The van der Waals surface area contributed by atoms with Crippen molar-refractivity contribution in [2.45, 2.75) is 18.2 Å². The summed E-state index contributed by atoms with van der Waals surface area (Å²) in [5, 5.41) is 0. The van der Waals surface area contributed by atoms with Gasteiger partial charge in [0.15, 0.2) is 0 Å². The minimum Gasteiger partial charge on any atom is -0.342 e. The van der Waals surface area contributed by atoms with Crippen LogP contribution in [0.2, 0.25) is 0 Å². The molecule has 1 aromatic carbocycles. The van der Waals surface area contributed by atoms with Gasteiger partial charge < -0.3 is 4.90 Å². The fraction of sp³-hybridized carbons (Fsp3) is 0.417. The van der Waals surface area contributed by atoms with Crippen LogP contribution in [0.3, 0.4) is 0 Å². The first-order chi connectivity index (χ1) is 7.91. The number of rotatable bonds is 4. The Hall–Kier alpha value is -0.970. The molecule has 1 aromatic rings. The van der Waals surface area contributed by atoms with Crippen LogP contribution in [0.15, 0.2) is 18.2 Å². The molecular formula is C12H14BrF2NO. The SMILES string of the molecule is CC(Br)CCN(C)C(=O)c1cc(F)ccc1F. The zero-order valence-corrected chi connectivity index (χ0v) is 11.3. The van der Waals surface area contributed by atoms with Crippen molar-refractivity contribution in [1.29, 1.82) is 0 Å². The molecular weight excluding hydrogens is 292 g/mol. The maximum Gasteiger partial charge on any atom is 0.256 e. The number of carbonyl (C=O) groups excluding carboxylic acids is 1. The summed E-state index contributed by atoms with van der Waals surface area (Å²) in [6.07, 6.45) is 0.749. The number of carbonyl (C=O) groups is 1. The molecule has 0 saturated carbocycles. The van der Waals surface area contributed by atoms with Crippen molar-refractivity contribution in [3.05, 3.63) is 35.4 Å². The van der Waals surface area contributed by atoms with Crippen molar-refractivity contribution >= 4 is 21.8 Å². The predicted octanol–water partition coefficient (Wildman–Crippen LogP) is 3.21. The monoisotopic (exact) mass is 305 g/mol. The third kappa shape index (κ3) is 4.07. The molecule has 0 aromatic heterocycles. The minimum atomic E-state index is -0.699. The molecule has 0 spiro atoms. The van der Waals surface area contributed by atoms with Gasteiger partial charge in [0, 0.05) is 18.4 Å². The number of benzene rings is 1. The molecule has 1 atom stereocenters. The van der Waals surface area contributed by atoms with Gasteiger partial charge in [-0.05, 0) is 24.6 Å². The lowest BCUT2D eigenvalue weighted by molar-refractivity contribution is 0.0789. The first-order valence-corrected chi connectivity index (χ1v) is 6.18. The third-order valence-electron chi connectivity index (χ3n) is 2.37. The lowest BCUT2D eigenvalue weighted by atomic mass is 10.1. The van der Waals surface area contributed by atoms with Gasteiger partial charge in [-0.25, -0.2) is 8.78 Å². The van der Waals surface area contributed by atoms with Crippen molar-refractivity contribution in [3.63, 3.8) is 0 Å². The van der Waals surface area contributed by atoms with Gasteiger partial charge in [0.05, 0.1) is 5.56 Å². The van der Waals surface area contributed by atoms with Crippen LogP contribution in [0, 0.1) is 11.6 Å². The Morgan fingerprint density at radius 1 is 1.47 bits per heavy atom. The zero-order chi connectivity index (χ0) is 13.0. The van der Waals surface area contributed by atoms with Crippen molar-refractivity contribution in [3.8, 4) is 0 Å². The second-order valence-corrected chi connectivity index (χ2v) is 5.48. The number of hydrogen-bond donors (Lipinski definition) is 0. The molecule has 0 bridgehead atoms. The van der Waals surface area contributed by atoms with E-state index in [-0.39, 0.29) is 10.4 Å². The van der Waals surface area contributed by atoms with Crippen LogP contribution in [-0.2, 0) is 0 Å². The Morgan fingerprint density at radius 3 is 2.71 bits per heavy atom. The Kier molecular flexibility index (Phi) is 5.05. The highest BCUT2D eigenvalue weighted by molar-refractivity contribution is 9.09. The summed E-state index contributed by atoms with van der Waals surface area (Å²) in [6.45, 7) is 2.45. The van der Waals surface area contributed by atoms with Gasteiger partial charge in [-0.2, -0.15) is 0 Å². The third-order valence-corrected chi connectivity index (χ3v) is 2.83. The Morgan fingerprint density at radius 2 is 2.12 bits per heavy atom. The average Bonchev–Trinajstić information content (AvgIpc) is 2.28. The molecule has 17 heavy (non-hydrogen) atoms. The Labute approximate surface area is 108 Å². The normalized spacial score (nSPS) is 12.3. The summed E-state index contributed by atoms with van der Waals surface area (Å²) in [7, 11) is 1.57. The highest BCUT2D eigenvalue weighted by atomic mass is 79.9. The van der Waals surface area contributed by atoms with Crippen LogP contribution in [0.25, 0.3) is 0 Å². The number of halogens is 3. The second-order valence-electron chi connectivity index (χ2n) is 3.92. The predicted molar refractivity (Wildman–Crippen MR) is 66.3 cm³/mol. The molecule has 2 nitrogen and oxygen atoms in total. The highest BCUT2D eigenvalue weighted by Gasteiger charge is 2.17. The fourth-order valence-electron chi connectivity index (χ4n) is 1.34. The van der Waals surface area contributed by atoms with Crippen molar-refractivity contribution in [2.75, 3.05) is 13.6 Å². The van der Waals surface area contributed by atoms with Gasteiger partial charge in [-0.15, -0.1) is 0 Å². The quantitative estimate of drug-likeness (QED) is 0.782. The van der Waals surface area contributed by atoms with Crippen LogP contribution < -0.4 is 0 Å². The zero-order valence-electron chi connectivity index (χ0n) is 9.71. The van der Waals surface area contributed by atoms with E-state index in [1.165, 1.54) is 4.90 Å². The summed E-state index contributed by atoms with van der Waals surface area (Å²) < 4.78 is 26.3. The van der Waals surface area contributed by atoms with E-state index in [0.29, 0.717) is 6.54 Å². The molecule has 0 aliphatic heterocycles. The molecule has 0 saturated heterocycles. The number of nitrogens with zero attached hydrogens (tertiary/aromatic N) is 1. The molecule has 0 aliphatic carbocycles. The number of amides is 1. The first-order valence-electron chi connectivity index (χ1n) is 5.26. The number of alkyl halides is 1. The Balaban J connectivity index is 2.78. The highest BCUT2D eigenvalue weighted by Crippen LogP contribution is 2.13. The topological polar surface area (TPSA) is 20.3 Å². The second kappa shape index (κ2) is 6.10. The van der Waals surface area contributed by atoms with Gasteiger partial charge in [0.2, 0.25) is 0 Å². The van der Waals surface area contributed by atoms with Crippen LogP contribution in [0.1, 0.15) is 23.7 Å². The van der Waals surface area contributed by atoms with Gasteiger partial charge in [0.25, 0.3) is 5.91 Å². The van der Waals surface area contributed by atoms with E-state index in [4.69, 9.17) is 0 Å². The van der Waals surface area contributed by atoms with Gasteiger partial charge in [-0.1, -0.05) is 22.9 Å². The smallest absolute Gasteiger partial charge is 0.256 e. The summed E-state index contributed by atoms with van der Waals surface area (Å²) in [5.41, 5.74) is -0.227. The largest absolute Gasteiger partial charge is 0.342 e. The van der Waals surface area contributed by atoms with Gasteiger partial charge in [0.1, 0.15) is 11.6 Å². The van der Waals surface area contributed by atoms with E-state index in [9.17, 15) is 13.6 Å². The van der Waals surface area contributed by atoms with Crippen molar-refractivity contribution in [2.24, 2.45) is 0 Å². The molecule has 5 heteroatoms. The Bertz CT molecular complexity index is 409. The summed E-state index contributed by atoms with van der Waals surface area (Å²) >= 11 is 3.36. The van der Waals surface area contributed by atoms with Crippen LogP contribution in [-0.4, -0.2) is 29.2 Å². The maximum atomic E-state index is 13.4. The molecule has 0 aliphatic rings. The lowest BCUT2D eigenvalue weighted by Crippen LogP contribution is -2.29. The standard InChI is InChI=1S/C12H14BrF2NO/c1-8(13)5-6-16(2)12(17)10-7-9(14)3-4-11(10)15/h3-4,7-8H,5-6H2,1-2H3. The summed E-state index contributed by atoms with van der Waals surface area (Å²) in [6, 6.07) is 2.88. The van der Waals surface area contributed by atoms with Crippen LogP contribution in [0.5, 0.6) is 0 Å². The van der Waals surface area contributed by atoms with E-state index in [2.05, 4.69) is 15.9 Å². The van der Waals surface area contributed by atoms with Crippen LogP contribution in [0.4, 0.5) is 8.78 Å². The molecule has 0 radical (unpaired) electrons. The minimum absolute atomic E-state index is 0.227. The average molecular weight is 306 g/mol. The van der Waals surface area contributed by atoms with E-state index in [0.717, 1.165) is 24.6 Å². The molecule has 1 rings (SSSR count). The van der Waals surface area contributed by atoms with Gasteiger partial charge >= 0.3 is 0 Å². The maximum absolute atomic E-state index is 13.4. The summed E-state index contributed by atoms with van der Waals surface area (Å²) in [5.74, 6) is -1.82. The van der Waals surface area contributed by atoms with E-state index in [1.54, 1.807) is 7.05 Å². The van der Waals surface area contributed by atoms with Crippen molar-refractivity contribution < 1.29 is 13.6 Å². The molecule has 0 fully saturated rings. The molecule has 0 N–H and O–H groups in total. The van der Waals surface area contributed by atoms with Crippen molar-refractivity contribution in [1.82, 2.24) is 4.90 Å². The van der Waals surface area contributed by atoms with E-state index in [1.807, 2.05) is 6.92 Å². The van der Waals surface area contributed by atoms with Gasteiger partial charge in [-0.3, -0.25) is 4.79 Å². The summed E-state index contributed by atoms with van der Waals surface area (Å²) in [4.78, 5) is 13.5. The molecule has 0 heterocycles. The molecule has 1 amide bonds. The first kappa shape index (κ1) is 14.1. The lowest BCUT2D eigenvalue weighted by Gasteiger charge is -2.18. The number of hydrogen-bond acceptors (Lipinski definition) is 1. The fourth-order valence-corrected chi connectivity index (χ4v) is 1.54. The van der Waals surface area contributed by atoms with E-state index < -0.39 is 17.5 Å². The van der Waals surface area contributed by atoms with E-state index >= 15 is 0 Å². The van der Waals surface area contributed by atoms with Crippen LogP contribution >= 0.6 is 15.9 Å². The molecule has 94 valence electrons.